The Bertz CT molecular complexity index is 895. The minimum atomic E-state index is -3.42. The van der Waals surface area contributed by atoms with Crippen LogP contribution in [0.25, 0.3) is 0 Å². The molecule has 0 aliphatic carbocycles. The molecule has 2 aromatic rings. The first kappa shape index (κ1) is 22.2. The van der Waals surface area contributed by atoms with E-state index in [1.165, 1.54) is 4.31 Å². The van der Waals surface area contributed by atoms with Crippen molar-refractivity contribution in [3.05, 3.63) is 59.0 Å². The number of furan rings is 1. The normalized spacial score (nSPS) is 16.0. The highest BCUT2D eigenvalue weighted by Gasteiger charge is 2.31. The zero-order valence-electron chi connectivity index (χ0n) is 16.1. The van der Waals surface area contributed by atoms with Crippen molar-refractivity contribution in [2.75, 3.05) is 25.4 Å². The minimum absolute atomic E-state index is 0.00971. The Balaban J connectivity index is 1.38. The lowest BCUT2D eigenvalue weighted by atomic mass is 9.97. The van der Waals surface area contributed by atoms with Crippen LogP contribution in [0.15, 0.2) is 47.1 Å². The second kappa shape index (κ2) is 10.5. The lowest BCUT2D eigenvalue weighted by molar-refractivity contribution is -0.125. The summed E-state index contributed by atoms with van der Waals surface area (Å²) in [4.78, 5) is 12.4. The van der Waals surface area contributed by atoms with Crippen LogP contribution < -0.4 is 5.32 Å². The predicted molar refractivity (Wildman–Crippen MR) is 116 cm³/mol. The first-order chi connectivity index (χ1) is 13.9. The fourth-order valence-corrected chi connectivity index (χ4v) is 5.80. The van der Waals surface area contributed by atoms with E-state index in [4.69, 9.17) is 16.0 Å². The van der Waals surface area contributed by atoms with Gasteiger partial charge in [-0.2, -0.15) is 11.8 Å². The van der Waals surface area contributed by atoms with Gasteiger partial charge in [-0.3, -0.25) is 4.79 Å². The van der Waals surface area contributed by atoms with Gasteiger partial charge in [-0.05, 0) is 42.7 Å². The van der Waals surface area contributed by atoms with Crippen molar-refractivity contribution in [3.8, 4) is 0 Å². The van der Waals surface area contributed by atoms with Crippen LogP contribution in [0.3, 0.4) is 0 Å². The molecule has 29 heavy (non-hydrogen) atoms. The molecule has 1 saturated heterocycles. The Morgan fingerprint density at radius 3 is 2.72 bits per heavy atom. The molecule has 1 aliphatic rings. The van der Waals surface area contributed by atoms with E-state index in [0.29, 0.717) is 43.1 Å². The zero-order chi connectivity index (χ0) is 20.7. The molecule has 1 fully saturated rings. The number of piperidine rings is 1. The van der Waals surface area contributed by atoms with Crippen LogP contribution in [-0.2, 0) is 26.3 Å². The lowest BCUT2D eigenvalue weighted by Gasteiger charge is -2.30. The van der Waals surface area contributed by atoms with Gasteiger partial charge >= 0.3 is 0 Å². The summed E-state index contributed by atoms with van der Waals surface area (Å²) in [6.07, 6.45) is 2.74. The smallest absolute Gasteiger partial charge is 0.223 e. The van der Waals surface area contributed by atoms with Crippen LogP contribution in [-0.4, -0.2) is 44.0 Å². The first-order valence-corrected chi connectivity index (χ1v) is 12.7. The Hall–Kier alpha value is -1.48. The van der Waals surface area contributed by atoms with Crippen LogP contribution in [0, 0.1) is 5.92 Å². The Labute approximate surface area is 181 Å². The SMILES string of the molecule is O=C(NCCSCc1ccco1)C1CCN(S(=O)(=O)Cc2cccc(Cl)c2)CC1. The Kier molecular flexibility index (Phi) is 8.06. The van der Waals surface area contributed by atoms with Crippen molar-refractivity contribution in [2.24, 2.45) is 5.92 Å². The predicted octanol–water partition coefficient (Wildman–Crippen LogP) is 3.52. The molecule has 0 atom stereocenters. The lowest BCUT2D eigenvalue weighted by Crippen LogP contribution is -2.43. The third kappa shape index (κ3) is 6.77. The highest BCUT2D eigenvalue weighted by atomic mass is 35.5. The maximum atomic E-state index is 12.7. The molecule has 0 bridgehead atoms. The number of thioether (sulfide) groups is 1. The van der Waals surface area contributed by atoms with Crippen molar-refractivity contribution >= 4 is 39.3 Å². The molecule has 0 unspecified atom stereocenters. The molecule has 1 aliphatic heterocycles. The molecule has 1 N–H and O–H groups in total. The fourth-order valence-electron chi connectivity index (χ4n) is 3.28. The largest absolute Gasteiger partial charge is 0.468 e. The zero-order valence-corrected chi connectivity index (χ0v) is 18.4. The van der Waals surface area contributed by atoms with Gasteiger partial charge in [-0.15, -0.1) is 0 Å². The van der Waals surface area contributed by atoms with E-state index in [-0.39, 0.29) is 17.6 Å². The summed E-state index contributed by atoms with van der Waals surface area (Å²) in [5, 5.41) is 3.48. The number of benzene rings is 1. The van der Waals surface area contributed by atoms with Gasteiger partial charge < -0.3 is 9.73 Å². The molecule has 0 radical (unpaired) electrons. The molecule has 1 aromatic heterocycles. The number of hydrogen-bond acceptors (Lipinski definition) is 5. The van der Waals surface area contributed by atoms with E-state index >= 15 is 0 Å². The summed E-state index contributed by atoms with van der Waals surface area (Å²) in [6, 6.07) is 10.7. The third-order valence-corrected chi connectivity index (χ3v) is 7.89. The second-order valence-corrected chi connectivity index (χ2v) is 10.5. The van der Waals surface area contributed by atoms with Gasteiger partial charge in [0.05, 0.1) is 17.8 Å². The quantitative estimate of drug-likeness (QED) is 0.584. The summed E-state index contributed by atoms with van der Waals surface area (Å²) in [6.45, 7) is 1.33. The number of nitrogens with one attached hydrogen (secondary N) is 1. The van der Waals surface area contributed by atoms with Crippen LogP contribution in [0.5, 0.6) is 0 Å². The number of hydrogen-bond donors (Lipinski definition) is 1. The number of carbonyl (C=O) groups excluding carboxylic acids is 1. The van der Waals surface area contributed by atoms with Gasteiger partial charge in [0, 0.05) is 36.3 Å². The molecule has 9 heteroatoms. The highest BCUT2D eigenvalue weighted by molar-refractivity contribution is 7.98. The monoisotopic (exact) mass is 456 g/mol. The Morgan fingerprint density at radius 2 is 2.03 bits per heavy atom. The molecule has 0 spiro atoms. The van der Waals surface area contributed by atoms with E-state index in [1.807, 2.05) is 12.1 Å². The molecular formula is C20H25ClN2O4S2. The molecular weight excluding hydrogens is 432 g/mol. The van der Waals surface area contributed by atoms with Gasteiger partial charge in [-0.25, -0.2) is 12.7 Å². The standard InChI is InChI=1S/C20H25ClN2O4S2/c21-18-4-1-3-16(13-18)15-29(25,26)23-9-6-17(7-10-23)20(24)22-8-12-28-14-19-5-2-11-27-19/h1-5,11,13,17H,6-10,12,14-15H2,(H,22,24). The van der Waals surface area contributed by atoms with E-state index in [0.717, 1.165) is 17.3 Å². The molecule has 3 rings (SSSR count). The number of nitrogens with zero attached hydrogens (tertiary/aromatic N) is 1. The summed E-state index contributed by atoms with van der Waals surface area (Å²) in [5.74, 6) is 2.31. The number of halogens is 1. The van der Waals surface area contributed by atoms with E-state index in [1.54, 1.807) is 42.3 Å². The summed E-state index contributed by atoms with van der Waals surface area (Å²) in [5.41, 5.74) is 0.671. The second-order valence-electron chi connectivity index (χ2n) is 6.98. The maximum absolute atomic E-state index is 12.7. The first-order valence-electron chi connectivity index (χ1n) is 9.54. The summed E-state index contributed by atoms with van der Waals surface area (Å²) >= 11 is 7.64. The number of amides is 1. The van der Waals surface area contributed by atoms with E-state index in [9.17, 15) is 13.2 Å². The van der Waals surface area contributed by atoms with E-state index in [2.05, 4.69) is 5.32 Å². The molecule has 0 saturated carbocycles. The maximum Gasteiger partial charge on any atom is 0.223 e. The third-order valence-electron chi connectivity index (χ3n) is 4.83. The van der Waals surface area contributed by atoms with Gasteiger partial charge in [0.15, 0.2) is 0 Å². The molecule has 2 heterocycles. The number of carbonyl (C=O) groups is 1. The molecule has 6 nitrogen and oxygen atoms in total. The van der Waals surface area contributed by atoms with Crippen LogP contribution in [0.2, 0.25) is 5.02 Å². The molecule has 1 amide bonds. The van der Waals surface area contributed by atoms with Crippen LogP contribution >= 0.6 is 23.4 Å². The van der Waals surface area contributed by atoms with Crippen LogP contribution in [0.4, 0.5) is 0 Å². The van der Waals surface area contributed by atoms with Gasteiger partial charge in [0.1, 0.15) is 5.76 Å². The van der Waals surface area contributed by atoms with E-state index < -0.39 is 10.0 Å². The summed E-state index contributed by atoms with van der Waals surface area (Å²) in [7, 11) is -3.42. The minimum Gasteiger partial charge on any atom is -0.468 e. The highest BCUT2D eigenvalue weighted by Crippen LogP contribution is 2.23. The average molecular weight is 457 g/mol. The van der Waals surface area contributed by atoms with Crippen LogP contribution in [0.1, 0.15) is 24.2 Å². The van der Waals surface area contributed by atoms with Crippen molar-refractivity contribution in [2.45, 2.75) is 24.3 Å². The van der Waals surface area contributed by atoms with Crippen molar-refractivity contribution in [3.63, 3.8) is 0 Å². The number of sulfonamides is 1. The van der Waals surface area contributed by atoms with Gasteiger partial charge in [0.2, 0.25) is 15.9 Å². The van der Waals surface area contributed by atoms with Crippen molar-refractivity contribution < 1.29 is 17.6 Å². The van der Waals surface area contributed by atoms with Crippen molar-refractivity contribution in [1.82, 2.24) is 9.62 Å². The van der Waals surface area contributed by atoms with Gasteiger partial charge in [0.25, 0.3) is 0 Å². The average Bonchev–Trinajstić information content (AvgIpc) is 3.21. The van der Waals surface area contributed by atoms with Gasteiger partial charge in [-0.1, -0.05) is 23.7 Å². The summed E-state index contributed by atoms with van der Waals surface area (Å²) < 4.78 is 32.1. The van der Waals surface area contributed by atoms with Crippen molar-refractivity contribution in [1.29, 1.82) is 0 Å². The topological polar surface area (TPSA) is 79.6 Å². The number of rotatable bonds is 9. The fraction of sp³-hybridized carbons (Fsp3) is 0.450. The molecule has 158 valence electrons. The Morgan fingerprint density at radius 1 is 1.24 bits per heavy atom. The molecule has 1 aromatic carbocycles.